The van der Waals surface area contributed by atoms with Gasteiger partial charge in [0.1, 0.15) is 0 Å². The lowest BCUT2D eigenvalue weighted by atomic mass is 9.73. The maximum absolute atomic E-state index is 3.73. The van der Waals surface area contributed by atoms with Gasteiger partial charge >= 0.3 is 0 Å². The van der Waals surface area contributed by atoms with Crippen LogP contribution in [0, 0.1) is 11.8 Å². The quantitative estimate of drug-likeness (QED) is 0.772. The summed E-state index contributed by atoms with van der Waals surface area (Å²) in [6, 6.07) is 2.20. The Balaban J connectivity index is 2.09. The molecule has 3 heteroatoms. The number of hydrogen-bond acceptors (Lipinski definition) is 2. The normalized spacial score (nSPS) is 28.6. The van der Waals surface area contributed by atoms with E-state index >= 15 is 0 Å². The number of nitrogens with one attached hydrogen (secondary N) is 1. The molecule has 2 rings (SSSR count). The highest BCUT2D eigenvalue weighted by molar-refractivity contribution is 9.10. The molecule has 1 fully saturated rings. The van der Waals surface area contributed by atoms with E-state index in [0.29, 0.717) is 0 Å². The molecule has 3 atom stereocenters. The zero-order valence-corrected chi connectivity index (χ0v) is 14.9. The highest BCUT2D eigenvalue weighted by Gasteiger charge is 2.32. The summed E-state index contributed by atoms with van der Waals surface area (Å²) in [5.41, 5.74) is 0.223. The molecule has 1 N–H and O–H groups in total. The van der Waals surface area contributed by atoms with Crippen LogP contribution in [0.25, 0.3) is 0 Å². The Kier molecular flexibility index (Phi) is 5.13. The molecule has 3 unspecified atom stereocenters. The summed E-state index contributed by atoms with van der Waals surface area (Å²) >= 11 is 5.65. The average Bonchev–Trinajstić information content (AvgIpc) is 2.72. The molecular formula is C16H26BrNS. The van der Waals surface area contributed by atoms with Gasteiger partial charge in [-0.3, -0.25) is 0 Å². The molecule has 0 aromatic carbocycles. The van der Waals surface area contributed by atoms with Crippen LogP contribution in [0.2, 0.25) is 0 Å². The van der Waals surface area contributed by atoms with Gasteiger partial charge in [0.2, 0.25) is 0 Å². The van der Waals surface area contributed by atoms with E-state index in [2.05, 4.69) is 60.4 Å². The highest BCUT2D eigenvalue weighted by atomic mass is 79.9. The summed E-state index contributed by atoms with van der Waals surface area (Å²) in [7, 11) is 0. The van der Waals surface area contributed by atoms with E-state index in [0.717, 1.165) is 24.3 Å². The van der Waals surface area contributed by atoms with Crippen molar-refractivity contribution >= 4 is 27.3 Å². The number of rotatable bonds is 3. The zero-order chi connectivity index (χ0) is 14.0. The van der Waals surface area contributed by atoms with Crippen molar-refractivity contribution in [3.05, 3.63) is 20.8 Å². The van der Waals surface area contributed by atoms with Crippen LogP contribution in [0.5, 0.6) is 0 Å². The summed E-state index contributed by atoms with van der Waals surface area (Å²) in [5.74, 6) is 2.38. The molecule has 1 nitrogen and oxygen atoms in total. The van der Waals surface area contributed by atoms with Gasteiger partial charge in [0.05, 0.1) is 0 Å². The average molecular weight is 344 g/mol. The molecule has 1 aromatic rings. The largest absolute Gasteiger partial charge is 0.312 e. The van der Waals surface area contributed by atoms with E-state index in [1.165, 1.54) is 23.7 Å². The van der Waals surface area contributed by atoms with Crippen molar-refractivity contribution in [2.24, 2.45) is 11.8 Å². The van der Waals surface area contributed by atoms with Crippen molar-refractivity contribution in [2.45, 2.75) is 58.4 Å². The van der Waals surface area contributed by atoms with Crippen LogP contribution in [0.3, 0.4) is 0 Å². The van der Waals surface area contributed by atoms with Crippen molar-refractivity contribution in [1.29, 1.82) is 0 Å². The molecule has 0 radical (unpaired) electrons. The van der Waals surface area contributed by atoms with Crippen LogP contribution < -0.4 is 5.32 Å². The second kappa shape index (κ2) is 6.28. The molecule has 1 aliphatic carbocycles. The maximum atomic E-state index is 3.73. The Morgan fingerprint density at radius 2 is 2.11 bits per heavy atom. The van der Waals surface area contributed by atoms with Gasteiger partial charge in [0.15, 0.2) is 0 Å². The zero-order valence-electron chi connectivity index (χ0n) is 12.5. The van der Waals surface area contributed by atoms with Crippen molar-refractivity contribution in [3.8, 4) is 0 Å². The van der Waals surface area contributed by atoms with Gasteiger partial charge in [-0.05, 0) is 85.3 Å². The van der Waals surface area contributed by atoms with Gasteiger partial charge in [-0.1, -0.05) is 13.3 Å². The first kappa shape index (κ1) is 15.5. The van der Waals surface area contributed by atoms with E-state index in [-0.39, 0.29) is 5.54 Å². The lowest BCUT2D eigenvalue weighted by Crippen LogP contribution is -2.41. The first-order valence-electron chi connectivity index (χ1n) is 7.34. The Bertz CT molecular complexity index is 407. The van der Waals surface area contributed by atoms with E-state index in [9.17, 15) is 0 Å². The van der Waals surface area contributed by atoms with Crippen molar-refractivity contribution in [3.63, 3.8) is 0 Å². The topological polar surface area (TPSA) is 12.0 Å². The Morgan fingerprint density at radius 3 is 2.68 bits per heavy atom. The Labute approximate surface area is 130 Å². The second-order valence-electron chi connectivity index (χ2n) is 7.05. The minimum Gasteiger partial charge on any atom is -0.312 e. The summed E-state index contributed by atoms with van der Waals surface area (Å²) in [5, 5.41) is 5.92. The fourth-order valence-corrected chi connectivity index (χ4v) is 4.89. The van der Waals surface area contributed by atoms with Crippen LogP contribution in [0.15, 0.2) is 15.9 Å². The van der Waals surface area contributed by atoms with Crippen molar-refractivity contribution in [2.75, 3.05) is 6.54 Å². The van der Waals surface area contributed by atoms with E-state index in [4.69, 9.17) is 0 Å². The first-order valence-corrected chi connectivity index (χ1v) is 9.02. The summed E-state index contributed by atoms with van der Waals surface area (Å²) in [6.45, 7) is 10.3. The van der Waals surface area contributed by atoms with Gasteiger partial charge in [-0.15, -0.1) is 11.3 Å². The molecule has 19 heavy (non-hydrogen) atoms. The Hall–Kier alpha value is 0.140. The van der Waals surface area contributed by atoms with Gasteiger partial charge in [-0.2, -0.15) is 0 Å². The van der Waals surface area contributed by atoms with Crippen molar-refractivity contribution < 1.29 is 0 Å². The van der Waals surface area contributed by atoms with Crippen LogP contribution in [0.4, 0.5) is 0 Å². The molecule has 0 spiro atoms. The highest BCUT2D eigenvalue weighted by Crippen LogP contribution is 2.44. The van der Waals surface area contributed by atoms with E-state index in [1.54, 1.807) is 4.88 Å². The first-order chi connectivity index (χ1) is 8.87. The summed E-state index contributed by atoms with van der Waals surface area (Å²) in [6.07, 6.45) is 4.09. The minimum atomic E-state index is 0.223. The summed E-state index contributed by atoms with van der Waals surface area (Å²) < 4.78 is 1.32. The Morgan fingerprint density at radius 1 is 1.37 bits per heavy atom. The standard InChI is InChI=1S/C16H26BrNS/c1-11-5-6-12(10-18-16(2,3)4)13(9-11)15-14(17)7-8-19-15/h7-8,11-13,18H,5-6,9-10H2,1-4H3. The van der Waals surface area contributed by atoms with Crippen LogP contribution in [-0.2, 0) is 0 Å². The number of hydrogen-bond donors (Lipinski definition) is 1. The van der Waals surface area contributed by atoms with Gasteiger partial charge in [0.25, 0.3) is 0 Å². The molecular weight excluding hydrogens is 318 g/mol. The molecule has 0 amide bonds. The van der Waals surface area contributed by atoms with Crippen LogP contribution >= 0.6 is 27.3 Å². The lowest BCUT2D eigenvalue weighted by Gasteiger charge is -2.36. The molecule has 0 aliphatic heterocycles. The van der Waals surface area contributed by atoms with Crippen LogP contribution in [-0.4, -0.2) is 12.1 Å². The third kappa shape index (κ3) is 4.30. The SMILES string of the molecule is CC1CCC(CNC(C)(C)C)C(c2sccc2Br)C1. The molecule has 1 saturated carbocycles. The molecule has 1 heterocycles. The minimum absolute atomic E-state index is 0.223. The van der Waals surface area contributed by atoms with Gasteiger partial charge < -0.3 is 5.32 Å². The number of thiophene rings is 1. The third-order valence-corrected chi connectivity index (χ3v) is 6.13. The molecule has 0 saturated heterocycles. The third-order valence-electron chi connectivity index (χ3n) is 4.13. The van der Waals surface area contributed by atoms with Gasteiger partial charge in [0, 0.05) is 14.9 Å². The fraction of sp³-hybridized carbons (Fsp3) is 0.750. The predicted octanol–water partition coefficient (Wildman–Crippen LogP) is 5.42. The maximum Gasteiger partial charge on any atom is 0.0317 e. The smallest absolute Gasteiger partial charge is 0.0317 e. The number of halogens is 1. The molecule has 1 aromatic heterocycles. The van der Waals surface area contributed by atoms with Crippen molar-refractivity contribution in [1.82, 2.24) is 5.32 Å². The van der Waals surface area contributed by atoms with Gasteiger partial charge in [-0.25, -0.2) is 0 Å². The molecule has 1 aliphatic rings. The predicted molar refractivity (Wildman–Crippen MR) is 89.0 cm³/mol. The molecule has 0 bridgehead atoms. The van der Waals surface area contributed by atoms with Crippen LogP contribution in [0.1, 0.15) is 57.8 Å². The fourth-order valence-electron chi connectivity index (χ4n) is 3.02. The van der Waals surface area contributed by atoms with E-state index < -0.39 is 0 Å². The summed E-state index contributed by atoms with van der Waals surface area (Å²) in [4.78, 5) is 1.56. The van der Waals surface area contributed by atoms with E-state index in [1.807, 2.05) is 11.3 Å². The monoisotopic (exact) mass is 343 g/mol. The second-order valence-corrected chi connectivity index (χ2v) is 8.85. The lowest BCUT2D eigenvalue weighted by molar-refractivity contribution is 0.229. The molecule has 108 valence electrons.